The van der Waals surface area contributed by atoms with E-state index >= 15 is 0 Å². The van der Waals surface area contributed by atoms with Crippen molar-refractivity contribution in [1.82, 2.24) is 0 Å². The van der Waals surface area contributed by atoms with Gasteiger partial charge in [0.1, 0.15) is 12.2 Å². The van der Waals surface area contributed by atoms with E-state index < -0.39 is 0 Å². The minimum atomic E-state index is -0.387. The molecule has 15 heavy (non-hydrogen) atoms. The second-order valence-corrected chi connectivity index (χ2v) is 2.83. The number of anilines is 1. The topological polar surface area (TPSA) is 72.5 Å². The molecule has 4 heteroatoms. The Morgan fingerprint density at radius 2 is 2.33 bits per heavy atom. The number of esters is 1. The Morgan fingerprint density at radius 3 is 2.93 bits per heavy atom. The minimum absolute atomic E-state index is 0.0140. The third-order valence-electron chi connectivity index (χ3n) is 1.72. The van der Waals surface area contributed by atoms with Crippen LogP contribution in [0.15, 0.2) is 18.2 Å². The van der Waals surface area contributed by atoms with E-state index in [1.165, 1.54) is 13.2 Å². The average molecular weight is 205 g/mol. The molecular weight excluding hydrogens is 194 g/mol. The number of carbonyl (C=O) groups excluding carboxylic acids is 1. The number of aromatic hydroxyl groups is 1. The van der Waals surface area contributed by atoms with Crippen molar-refractivity contribution >= 4 is 11.7 Å². The SMILES string of the molecule is COC(=O)CC#Cc1ccc(N)c(O)c1. The summed E-state index contributed by atoms with van der Waals surface area (Å²) in [7, 11) is 1.30. The lowest BCUT2D eigenvalue weighted by atomic mass is 10.2. The van der Waals surface area contributed by atoms with Crippen molar-refractivity contribution in [3.63, 3.8) is 0 Å². The number of methoxy groups -OCH3 is 1. The van der Waals surface area contributed by atoms with Gasteiger partial charge in [-0.3, -0.25) is 4.79 Å². The van der Waals surface area contributed by atoms with Crippen molar-refractivity contribution < 1.29 is 14.6 Å². The maximum Gasteiger partial charge on any atom is 0.317 e. The highest BCUT2D eigenvalue weighted by Gasteiger charge is 1.97. The molecule has 0 unspecified atom stereocenters. The zero-order valence-corrected chi connectivity index (χ0v) is 8.28. The summed E-state index contributed by atoms with van der Waals surface area (Å²) in [5, 5.41) is 9.27. The Bertz CT molecular complexity index is 429. The van der Waals surface area contributed by atoms with Crippen LogP contribution in [0.25, 0.3) is 0 Å². The van der Waals surface area contributed by atoms with Crippen molar-refractivity contribution in [2.75, 3.05) is 12.8 Å². The molecule has 1 aromatic carbocycles. The van der Waals surface area contributed by atoms with Crippen LogP contribution in [0.2, 0.25) is 0 Å². The molecule has 0 saturated heterocycles. The Hall–Kier alpha value is -2.15. The van der Waals surface area contributed by atoms with Gasteiger partial charge in [0.25, 0.3) is 0 Å². The summed E-state index contributed by atoms with van der Waals surface area (Å²) in [5.41, 5.74) is 6.32. The van der Waals surface area contributed by atoms with Gasteiger partial charge in [-0.1, -0.05) is 11.8 Å². The Kier molecular flexibility index (Phi) is 3.58. The zero-order valence-electron chi connectivity index (χ0n) is 8.28. The lowest BCUT2D eigenvalue weighted by Gasteiger charge is -1.97. The predicted octanol–water partition coefficient (Wildman–Crippen LogP) is 0.889. The summed E-state index contributed by atoms with van der Waals surface area (Å²) in [4.78, 5) is 10.7. The van der Waals surface area contributed by atoms with Gasteiger partial charge in [0.2, 0.25) is 0 Å². The number of ether oxygens (including phenoxy) is 1. The van der Waals surface area contributed by atoms with E-state index in [0.29, 0.717) is 11.3 Å². The number of nitrogens with two attached hydrogens (primary N) is 1. The zero-order chi connectivity index (χ0) is 11.3. The minimum Gasteiger partial charge on any atom is -0.506 e. The first-order chi connectivity index (χ1) is 7.13. The summed E-state index contributed by atoms with van der Waals surface area (Å²) < 4.78 is 4.42. The molecule has 0 aliphatic rings. The standard InChI is InChI=1S/C11H11NO3/c1-15-11(14)4-2-3-8-5-6-9(12)10(13)7-8/h5-7,13H,4,12H2,1H3. The Labute approximate surface area is 87.7 Å². The van der Waals surface area contributed by atoms with E-state index in [2.05, 4.69) is 16.6 Å². The highest BCUT2D eigenvalue weighted by atomic mass is 16.5. The lowest BCUT2D eigenvalue weighted by molar-refractivity contribution is -0.139. The molecule has 0 fully saturated rings. The fourth-order valence-electron chi connectivity index (χ4n) is 0.912. The predicted molar refractivity (Wildman–Crippen MR) is 56.0 cm³/mol. The number of phenolic OH excluding ortho intramolecular Hbond substituents is 1. The van der Waals surface area contributed by atoms with Crippen LogP contribution >= 0.6 is 0 Å². The van der Waals surface area contributed by atoms with Gasteiger partial charge in [-0.25, -0.2) is 0 Å². The molecular formula is C11H11NO3. The molecule has 4 nitrogen and oxygen atoms in total. The van der Waals surface area contributed by atoms with Crippen LogP contribution in [0.4, 0.5) is 5.69 Å². The Morgan fingerprint density at radius 1 is 1.60 bits per heavy atom. The fourth-order valence-corrected chi connectivity index (χ4v) is 0.912. The molecule has 1 aromatic rings. The van der Waals surface area contributed by atoms with Crippen LogP contribution in [0, 0.1) is 11.8 Å². The lowest BCUT2D eigenvalue weighted by Crippen LogP contribution is -1.97. The van der Waals surface area contributed by atoms with Gasteiger partial charge in [-0.05, 0) is 18.2 Å². The molecule has 0 bridgehead atoms. The first kappa shape index (κ1) is 10.9. The molecule has 3 N–H and O–H groups in total. The largest absolute Gasteiger partial charge is 0.506 e. The summed E-state index contributed by atoms with van der Waals surface area (Å²) >= 11 is 0. The van der Waals surface area contributed by atoms with E-state index in [-0.39, 0.29) is 18.1 Å². The van der Waals surface area contributed by atoms with E-state index in [1.807, 2.05) is 0 Å². The van der Waals surface area contributed by atoms with Crippen LogP contribution in [0.1, 0.15) is 12.0 Å². The van der Waals surface area contributed by atoms with Crippen molar-refractivity contribution in [3.05, 3.63) is 23.8 Å². The number of carbonyl (C=O) groups is 1. The molecule has 0 spiro atoms. The van der Waals surface area contributed by atoms with Crippen molar-refractivity contribution in [2.24, 2.45) is 0 Å². The van der Waals surface area contributed by atoms with Crippen molar-refractivity contribution in [3.8, 4) is 17.6 Å². The van der Waals surface area contributed by atoms with Crippen LogP contribution in [-0.4, -0.2) is 18.2 Å². The van der Waals surface area contributed by atoms with Crippen LogP contribution in [0.3, 0.4) is 0 Å². The van der Waals surface area contributed by atoms with Gasteiger partial charge < -0.3 is 15.6 Å². The smallest absolute Gasteiger partial charge is 0.317 e. The van der Waals surface area contributed by atoms with Gasteiger partial charge in [-0.2, -0.15) is 0 Å². The first-order valence-electron chi connectivity index (χ1n) is 4.27. The van der Waals surface area contributed by atoms with Crippen LogP contribution in [0.5, 0.6) is 5.75 Å². The van der Waals surface area contributed by atoms with Gasteiger partial charge in [0.15, 0.2) is 0 Å². The van der Waals surface area contributed by atoms with E-state index in [0.717, 1.165) is 0 Å². The molecule has 0 atom stereocenters. The highest BCUT2D eigenvalue weighted by Crippen LogP contribution is 2.19. The maximum atomic E-state index is 10.7. The van der Waals surface area contributed by atoms with E-state index in [9.17, 15) is 9.90 Å². The summed E-state index contributed by atoms with van der Waals surface area (Å²) in [6, 6.07) is 4.66. The number of benzene rings is 1. The third kappa shape index (κ3) is 3.24. The normalized spacial score (nSPS) is 8.87. The third-order valence-corrected chi connectivity index (χ3v) is 1.72. The van der Waals surface area contributed by atoms with E-state index in [4.69, 9.17) is 5.73 Å². The Balaban J connectivity index is 2.72. The quantitative estimate of drug-likeness (QED) is 0.309. The molecule has 0 radical (unpaired) electrons. The number of nitrogen functional groups attached to an aromatic ring is 1. The van der Waals surface area contributed by atoms with Crippen molar-refractivity contribution in [2.45, 2.75) is 6.42 Å². The summed E-state index contributed by atoms with van der Waals surface area (Å²) in [6.45, 7) is 0. The fraction of sp³-hybridized carbons (Fsp3) is 0.182. The molecule has 0 aromatic heterocycles. The second-order valence-electron chi connectivity index (χ2n) is 2.83. The van der Waals surface area contributed by atoms with Gasteiger partial charge in [0, 0.05) is 5.56 Å². The number of hydrogen-bond donors (Lipinski definition) is 2. The molecule has 0 aliphatic heterocycles. The van der Waals surface area contributed by atoms with Crippen LogP contribution in [-0.2, 0) is 9.53 Å². The number of hydrogen-bond acceptors (Lipinski definition) is 4. The monoisotopic (exact) mass is 205 g/mol. The molecule has 1 rings (SSSR count). The van der Waals surface area contributed by atoms with Gasteiger partial charge >= 0.3 is 5.97 Å². The first-order valence-corrected chi connectivity index (χ1v) is 4.27. The molecule has 0 aliphatic carbocycles. The summed E-state index contributed by atoms with van der Waals surface area (Å²) in [6.07, 6.45) is 0.0294. The average Bonchev–Trinajstić information content (AvgIpc) is 2.23. The summed E-state index contributed by atoms with van der Waals surface area (Å²) in [5.74, 6) is 4.93. The van der Waals surface area contributed by atoms with Gasteiger partial charge in [-0.15, -0.1) is 0 Å². The molecule has 0 amide bonds. The van der Waals surface area contributed by atoms with Crippen molar-refractivity contribution in [1.29, 1.82) is 0 Å². The molecule has 0 saturated carbocycles. The number of phenols is 1. The highest BCUT2D eigenvalue weighted by molar-refractivity contribution is 5.72. The molecule has 0 heterocycles. The van der Waals surface area contributed by atoms with Crippen LogP contribution < -0.4 is 5.73 Å². The van der Waals surface area contributed by atoms with Gasteiger partial charge in [0.05, 0.1) is 12.8 Å². The molecule has 78 valence electrons. The maximum absolute atomic E-state index is 10.7. The number of rotatable bonds is 1. The van der Waals surface area contributed by atoms with E-state index in [1.54, 1.807) is 12.1 Å². The second kappa shape index (κ2) is 4.91.